The number of aliphatic hydroxyl groups excluding tert-OH is 1. The molecular formula is C17H16N2O3. The van der Waals surface area contributed by atoms with E-state index in [4.69, 9.17) is 10.2 Å². The topological polar surface area (TPSA) is 89.4 Å². The van der Waals surface area contributed by atoms with Gasteiger partial charge in [-0.25, -0.2) is 0 Å². The molecule has 0 spiro atoms. The molecule has 22 heavy (non-hydrogen) atoms. The van der Waals surface area contributed by atoms with E-state index in [0.717, 1.165) is 0 Å². The number of anilines is 1. The molecule has 2 aromatic heterocycles. The number of aromatic nitrogens is 1. The van der Waals surface area contributed by atoms with Gasteiger partial charge in [0.05, 0.1) is 17.4 Å². The molecule has 0 atom stereocenters. The molecule has 5 heteroatoms. The monoisotopic (exact) mass is 296 g/mol. The Balaban J connectivity index is 2.01. The van der Waals surface area contributed by atoms with Gasteiger partial charge in [0.2, 0.25) is 11.1 Å². The first kappa shape index (κ1) is 13.3. The minimum absolute atomic E-state index is 0.125. The van der Waals surface area contributed by atoms with Crippen molar-refractivity contribution in [2.45, 2.75) is 31.8 Å². The number of aliphatic hydroxyl groups is 1. The molecule has 1 aromatic carbocycles. The van der Waals surface area contributed by atoms with E-state index < -0.39 is 0 Å². The lowest BCUT2D eigenvalue weighted by molar-refractivity contribution is 0.282. The van der Waals surface area contributed by atoms with Crippen LogP contribution in [0.15, 0.2) is 33.5 Å². The number of nitrogens with two attached hydrogens (primary N) is 1. The lowest BCUT2D eigenvalue weighted by Crippen LogP contribution is -2.10. The maximum atomic E-state index is 12.7. The zero-order chi connectivity index (χ0) is 15.3. The fraction of sp³-hybridized carbons (Fsp3) is 0.294. The van der Waals surface area contributed by atoms with E-state index in [2.05, 4.69) is 4.98 Å². The lowest BCUT2D eigenvalue weighted by Gasteiger charge is -2.25. The van der Waals surface area contributed by atoms with Gasteiger partial charge in [-0.05, 0) is 42.5 Å². The summed E-state index contributed by atoms with van der Waals surface area (Å²) in [6.07, 6.45) is 3.60. The van der Waals surface area contributed by atoms with Gasteiger partial charge < -0.3 is 15.3 Å². The summed E-state index contributed by atoms with van der Waals surface area (Å²) in [5.74, 6) is 0.737. The summed E-state index contributed by atoms with van der Waals surface area (Å²) in [7, 11) is 0. The molecule has 1 aliphatic carbocycles. The number of benzene rings is 1. The molecule has 3 N–H and O–H groups in total. The molecule has 1 aliphatic rings. The van der Waals surface area contributed by atoms with Gasteiger partial charge >= 0.3 is 0 Å². The third kappa shape index (κ3) is 1.89. The zero-order valence-electron chi connectivity index (χ0n) is 12.0. The van der Waals surface area contributed by atoms with Gasteiger partial charge in [0.25, 0.3) is 0 Å². The predicted molar refractivity (Wildman–Crippen MR) is 84.7 cm³/mol. The quantitative estimate of drug-likeness (QED) is 0.710. The summed E-state index contributed by atoms with van der Waals surface area (Å²) in [5.41, 5.74) is 7.98. The molecule has 0 aliphatic heterocycles. The van der Waals surface area contributed by atoms with Gasteiger partial charge in [0.15, 0.2) is 0 Å². The average molecular weight is 296 g/mol. The maximum Gasteiger partial charge on any atom is 0.232 e. The highest BCUT2D eigenvalue weighted by Gasteiger charge is 2.20. The summed E-state index contributed by atoms with van der Waals surface area (Å²) in [6, 6.07) is 7.35. The molecule has 1 fully saturated rings. The number of hydrogen-bond donors (Lipinski definition) is 2. The fourth-order valence-corrected chi connectivity index (χ4v) is 2.98. The minimum Gasteiger partial charge on any atom is -0.437 e. The summed E-state index contributed by atoms with van der Waals surface area (Å²) < 4.78 is 5.72. The second-order valence-electron chi connectivity index (χ2n) is 5.86. The standard InChI is InChI=1S/C17H16N2O3/c18-16-11(8-20)7-13-15(21)12-6-10(9-2-1-3-9)4-5-14(12)22-17(13)19-16/h4-7,9,20H,1-3,8H2,(H2,18,19). The summed E-state index contributed by atoms with van der Waals surface area (Å²) >= 11 is 0. The van der Waals surface area contributed by atoms with Crippen LogP contribution in [0, 0.1) is 0 Å². The molecule has 1 saturated carbocycles. The van der Waals surface area contributed by atoms with Crippen molar-refractivity contribution < 1.29 is 9.52 Å². The van der Waals surface area contributed by atoms with Gasteiger partial charge in [-0.15, -0.1) is 0 Å². The van der Waals surface area contributed by atoms with Crippen LogP contribution in [0.2, 0.25) is 0 Å². The van der Waals surface area contributed by atoms with E-state index in [1.165, 1.54) is 24.8 Å². The van der Waals surface area contributed by atoms with Crippen LogP contribution >= 0.6 is 0 Å². The van der Waals surface area contributed by atoms with E-state index in [0.29, 0.717) is 27.8 Å². The third-order valence-electron chi connectivity index (χ3n) is 4.55. The van der Waals surface area contributed by atoms with Crippen molar-refractivity contribution in [1.82, 2.24) is 4.98 Å². The van der Waals surface area contributed by atoms with Crippen LogP contribution in [0.5, 0.6) is 0 Å². The van der Waals surface area contributed by atoms with E-state index in [1.54, 1.807) is 6.07 Å². The van der Waals surface area contributed by atoms with Crippen LogP contribution in [0.25, 0.3) is 22.1 Å². The smallest absolute Gasteiger partial charge is 0.232 e. The molecule has 0 radical (unpaired) electrons. The second kappa shape index (κ2) is 4.81. The number of fused-ring (bicyclic) bond motifs is 2. The Morgan fingerprint density at radius 2 is 2.09 bits per heavy atom. The van der Waals surface area contributed by atoms with Crippen molar-refractivity contribution in [1.29, 1.82) is 0 Å². The van der Waals surface area contributed by atoms with Crippen molar-refractivity contribution in [3.05, 3.63) is 45.6 Å². The molecule has 0 amide bonds. The van der Waals surface area contributed by atoms with Crippen molar-refractivity contribution in [3.63, 3.8) is 0 Å². The Bertz CT molecular complexity index is 942. The highest BCUT2D eigenvalue weighted by atomic mass is 16.3. The SMILES string of the molecule is Nc1nc2oc3ccc(C4CCC4)cc3c(=O)c2cc1CO. The zero-order valence-corrected chi connectivity index (χ0v) is 12.0. The highest BCUT2D eigenvalue weighted by Crippen LogP contribution is 2.37. The first-order valence-electron chi connectivity index (χ1n) is 7.44. The molecule has 0 bridgehead atoms. The van der Waals surface area contributed by atoms with E-state index in [-0.39, 0.29) is 23.6 Å². The van der Waals surface area contributed by atoms with Gasteiger partial charge in [0.1, 0.15) is 11.4 Å². The molecule has 2 heterocycles. The number of hydrogen-bond acceptors (Lipinski definition) is 5. The van der Waals surface area contributed by atoms with Crippen LogP contribution in [0.1, 0.15) is 36.3 Å². The van der Waals surface area contributed by atoms with E-state index in [1.807, 2.05) is 18.2 Å². The Morgan fingerprint density at radius 1 is 1.27 bits per heavy atom. The van der Waals surface area contributed by atoms with Gasteiger partial charge in [0, 0.05) is 5.56 Å². The Labute approximate surface area is 126 Å². The molecule has 112 valence electrons. The summed E-state index contributed by atoms with van der Waals surface area (Å²) in [5, 5.41) is 10.2. The molecule has 0 unspecified atom stereocenters. The van der Waals surface area contributed by atoms with Crippen LogP contribution in [-0.2, 0) is 6.61 Å². The molecule has 3 aromatic rings. The lowest BCUT2D eigenvalue weighted by atomic mass is 9.80. The van der Waals surface area contributed by atoms with Gasteiger partial charge in [-0.1, -0.05) is 12.5 Å². The first-order chi connectivity index (χ1) is 10.7. The van der Waals surface area contributed by atoms with Crippen LogP contribution < -0.4 is 11.2 Å². The number of nitrogens with zero attached hydrogens (tertiary/aromatic N) is 1. The fourth-order valence-electron chi connectivity index (χ4n) is 2.98. The summed E-state index contributed by atoms with van der Waals surface area (Å²) in [4.78, 5) is 16.8. The van der Waals surface area contributed by atoms with Crippen molar-refractivity contribution in [3.8, 4) is 0 Å². The molecular weight excluding hydrogens is 280 g/mol. The van der Waals surface area contributed by atoms with Gasteiger partial charge in [-0.3, -0.25) is 4.79 Å². The van der Waals surface area contributed by atoms with E-state index >= 15 is 0 Å². The molecule has 0 saturated heterocycles. The number of nitrogen functional groups attached to an aromatic ring is 1. The molecule has 4 rings (SSSR count). The first-order valence-corrected chi connectivity index (χ1v) is 7.44. The highest BCUT2D eigenvalue weighted by molar-refractivity contribution is 5.89. The number of rotatable bonds is 2. The van der Waals surface area contributed by atoms with Crippen LogP contribution in [-0.4, -0.2) is 10.1 Å². The van der Waals surface area contributed by atoms with Crippen LogP contribution in [0.4, 0.5) is 5.82 Å². The average Bonchev–Trinajstić information content (AvgIpc) is 2.46. The van der Waals surface area contributed by atoms with Crippen molar-refractivity contribution in [2.24, 2.45) is 0 Å². The third-order valence-corrected chi connectivity index (χ3v) is 4.55. The number of pyridine rings is 1. The molecule has 5 nitrogen and oxygen atoms in total. The Morgan fingerprint density at radius 3 is 2.77 bits per heavy atom. The summed E-state index contributed by atoms with van der Waals surface area (Å²) in [6.45, 7) is -0.256. The van der Waals surface area contributed by atoms with Crippen molar-refractivity contribution >= 4 is 27.9 Å². The second-order valence-corrected chi connectivity index (χ2v) is 5.86. The largest absolute Gasteiger partial charge is 0.437 e. The van der Waals surface area contributed by atoms with Crippen LogP contribution in [0.3, 0.4) is 0 Å². The van der Waals surface area contributed by atoms with E-state index in [9.17, 15) is 9.90 Å². The van der Waals surface area contributed by atoms with Crippen molar-refractivity contribution in [2.75, 3.05) is 5.73 Å². The van der Waals surface area contributed by atoms with Gasteiger partial charge in [-0.2, -0.15) is 4.98 Å². The normalized spacial score (nSPS) is 15.3. The Kier molecular flexibility index (Phi) is 2.90. The maximum absolute atomic E-state index is 12.7. The Hall–Kier alpha value is -2.40. The minimum atomic E-state index is -0.256. The predicted octanol–water partition coefficient (Wildman–Crippen LogP) is 2.68.